The third-order valence-corrected chi connectivity index (χ3v) is 2.99. The molecule has 1 atom stereocenters. The van der Waals surface area contributed by atoms with Gasteiger partial charge < -0.3 is 4.74 Å². The summed E-state index contributed by atoms with van der Waals surface area (Å²) in [6.45, 7) is 7.08. The van der Waals surface area contributed by atoms with Crippen molar-refractivity contribution in [2.45, 2.75) is 64.5 Å². The molecule has 0 bridgehead atoms. The van der Waals surface area contributed by atoms with E-state index in [9.17, 15) is 4.79 Å². The molecule has 2 nitrogen and oxygen atoms in total. The molecule has 0 aromatic heterocycles. The molecule has 0 fully saturated rings. The summed E-state index contributed by atoms with van der Waals surface area (Å²) in [4.78, 5) is 11.4. The zero-order chi connectivity index (χ0) is 12.4. The molecule has 0 saturated carbocycles. The van der Waals surface area contributed by atoms with Crippen LogP contribution in [0, 0.1) is 5.92 Å². The second-order valence-electron chi connectivity index (χ2n) is 4.72. The highest BCUT2D eigenvalue weighted by molar-refractivity contribution is 7.81. The Kier molecular flexibility index (Phi) is 9.89. The average Bonchev–Trinajstić information content (AvgIpc) is 2.24. The molecular weight excluding hydrogens is 220 g/mol. The molecule has 0 N–H and O–H groups in total. The molecule has 0 rings (SSSR count). The molecule has 16 heavy (non-hydrogen) atoms. The molecule has 96 valence electrons. The van der Waals surface area contributed by atoms with Crippen LogP contribution in [0.5, 0.6) is 0 Å². The van der Waals surface area contributed by atoms with Gasteiger partial charge in [-0.05, 0) is 25.2 Å². The number of hydrogen-bond donors (Lipinski definition) is 1. The standard InChI is InChI=1S/C13H26O2S/c1-4-5-9-12(16)13(14)15-10-7-6-8-11(2)3/h11-12,16H,4-10H2,1-3H3. The maximum absolute atomic E-state index is 11.4. The first-order valence-electron chi connectivity index (χ1n) is 6.42. The first-order valence-corrected chi connectivity index (χ1v) is 6.94. The summed E-state index contributed by atoms with van der Waals surface area (Å²) in [6.07, 6.45) is 6.27. The van der Waals surface area contributed by atoms with Gasteiger partial charge in [0.1, 0.15) is 0 Å². The van der Waals surface area contributed by atoms with Gasteiger partial charge in [0.05, 0.1) is 11.9 Å². The summed E-state index contributed by atoms with van der Waals surface area (Å²) in [5, 5.41) is -0.231. The van der Waals surface area contributed by atoms with Crippen molar-refractivity contribution in [2.75, 3.05) is 6.61 Å². The Morgan fingerprint density at radius 2 is 1.88 bits per heavy atom. The number of hydrogen-bond acceptors (Lipinski definition) is 3. The Labute approximate surface area is 106 Å². The topological polar surface area (TPSA) is 26.3 Å². The molecule has 3 heteroatoms. The summed E-state index contributed by atoms with van der Waals surface area (Å²) in [7, 11) is 0. The largest absolute Gasteiger partial charge is 0.465 e. The second kappa shape index (κ2) is 10.0. The summed E-state index contributed by atoms with van der Waals surface area (Å²) in [6, 6.07) is 0. The Balaban J connectivity index is 3.42. The smallest absolute Gasteiger partial charge is 0.318 e. The Hall–Kier alpha value is -0.180. The normalized spacial score (nSPS) is 12.8. The molecule has 0 aliphatic heterocycles. The Morgan fingerprint density at radius 3 is 2.44 bits per heavy atom. The third kappa shape index (κ3) is 9.08. The minimum Gasteiger partial charge on any atom is -0.465 e. The van der Waals surface area contributed by atoms with Gasteiger partial charge in [0, 0.05) is 0 Å². The van der Waals surface area contributed by atoms with Crippen LogP contribution in [0.3, 0.4) is 0 Å². The fourth-order valence-corrected chi connectivity index (χ4v) is 1.70. The average molecular weight is 246 g/mol. The van der Waals surface area contributed by atoms with Gasteiger partial charge in [-0.25, -0.2) is 0 Å². The molecule has 0 heterocycles. The lowest BCUT2D eigenvalue weighted by atomic mass is 10.1. The van der Waals surface area contributed by atoms with E-state index in [0.717, 1.165) is 38.0 Å². The zero-order valence-electron chi connectivity index (χ0n) is 10.9. The number of unbranched alkanes of at least 4 members (excludes halogenated alkanes) is 2. The molecular formula is C13H26O2S. The van der Waals surface area contributed by atoms with Crippen molar-refractivity contribution in [3.8, 4) is 0 Å². The van der Waals surface area contributed by atoms with Crippen LogP contribution in [0.15, 0.2) is 0 Å². The van der Waals surface area contributed by atoms with Crippen LogP contribution < -0.4 is 0 Å². The molecule has 0 radical (unpaired) electrons. The maximum Gasteiger partial charge on any atom is 0.318 e. The fraction of sp³-hybridized carbons (Fsp3) is 0.923. The predicted octanol–water partition coefficient (Wildman–Crippen LogP) is 3.84. The van der Waals surface area contributed by atoms with Crippen LogP contribution in [-0.2, 0) is 9.53 Å². The lowest BCUT2D eigenvalue weighted by Gasteiger charge is -2.10. The van der Waals surface area contributed by atoms with E-state index in [1.165, 1.54) is 6.42 Å². The monoisotopic (exact) mass is 246 g/mol. The molecule has 0 spiro atoms. The molecule has 1 unspecified atom stereocenters. The molecule has 0 aliphatic carbocycles. The predicted molar refractivity (Wildman–Crippen MR) is 71.9 cm³/mol. The first kappa shape index (κ1) is 15.8. The fourth-order valence-electron chi connectivity index (χ4n) is 1.44. The Bertz CT molecular complexity index is 181. The highest BCUT2D eigenvalue weighted by Crippen LogP contribution is 2.10. The number of rotatable bonds is 9. The number of thiol groups is 1. The van der Waals surface area contributed by atoms with Gasteiger partial charge in [-0.2, -0.15) is 12.6 Å². The van der Waals surface area contributed by atoms with E-state index in [-0.39, 0.29) is 11.2 Å². The highest BCUT2D eigenvalue weighted by Gasteiger charge is 2.14. The summed E-state index contributed by atoms with van der Waals surface area (Å²) < 4.78 is 5.17. The minimum absolute atomic E-state index is 0.152. The van der Waals surface area contributed by atoms with Crippen molar-refractivity contribution in [1.82, 2.24) is 0 Å². The van der Waals surface area contributed by atoms with Gasteiger partial charge in [0.25, 0.3) is 0 Å². The van der Waals surface area contributed by atoms with Crippen molar-refractivity contribution < 1.29 is 9.53 Å². The minimum atomic E-state index is -0.231. The van der Waals surface area contributed by atoms with Gasteiger partial charge in [-0.15, -0.1) is 0 Å². The molecule has 0 saturated heterocycles. The second-order valence-corrected chi connectivity index (χ2v) is 5.34. The highest BCUT2D eigenvalue weighted by atomic mass is 32.1. The van der Waals surface area contributed by atoms with Crippen molar-refractivity contribution in [1.29, 1.82) is 0 Å². The molecule has 0 aliphatic rings. The number of carbonyl (C=O) groups is 1. The first-order chi connectivity index (χ1) is 7.57. The quantitative estimate of drug-likeness (QED) is 0.380. The molecule has 0 aromatic rings. The van der Waals surface area contributed by atoms with Crippen molar-refractivity contribution in [3.63, 3.8) is 0 Å². The SMILES string of the molecule is CCCCC(S)C(=O)OCCCCC(C)C. The third-order valence-electron chi connectivity index (χ3n) is 2.52. The van der Waals surface area contributed by atoms with Crippen LogP contribution >= 0.6 is 12.6 Å². The van der Waals surface area contributed by atoms with E-state index in [1.807, 2.05) is 0 Å². The van der Waals surface area contributed by atoms with E-state index in [0.29, 0.717) is 6.61 Å². The van der Waals surface area contributed by atoms with Crippen LogP contribution in [-0.4, -0.2) is 17.8 Å². The zero-order valence-corrected chi connectivity index (χ0v) is 11.8. The summed E-state index contributed by atoms with van der Waals surface area (Å²) >= 11 is 4.24. The van der Waals surface area contributed by atoms with E-state index in [2.05, 4.69) is 33.4 Å². The van der Waals surface area contributed by atoms with Gasteiger partial charge in [-0.1, -0.05) is 40.0 Å². The number of carbonyl (C=O) groups excluding carboxylic acids is 1. The van der Waals surface area contributed by atoms with Crippen LogP contribution in [0.4, 0.5) is 0 Å². The number of esters is 1. The van der Waals surface area contributed by atoms with Gasteiger partial charge >= 0.3 is 5.97 Å². The van der Waals surface area contributed by atoms with Crippen molar-refractivity contribution in [3.05, 3.63) is 0 Å². The van der Waals surface area contributed by atoms with Crippen LogP contribution in [0.1, 0.15) is 59.3 Å². The van der Waals surface area contributed by atoms with Crippen molar-refractivity contribution >= 4 is 18.6 Å². The van der Waals surface area contributed by atoms with E-state index < -0.39 is 0 Å². The van der Waals surface area contributed by atoms with Crippen LogP contribution in [0.25, 0.3) is 0 Å². The maximum atomic E-state index is 11.4. The van der Waals surface area contributed by atoms with Crippen molar-refractivity contribution in [2.24, 2.45) is 5.92 Å². The number of ether oxygens (including phenoxy) is 1. The van der Waals surface area contributed by atoms with Gasteiger partial charge in [-0.3, -0.25) is 4.79 Å². The van der Waals surface area contributed by atoms with E-state index in [1.54, 1.807) is 0 Å². The van der Waals surface area contributed by atoms with Gasteiger partial charge in [0.2, 0.25) is 0 Å². The summed E-state index contributed by atoms with van der Waals surface area (Å²) in [5.74, 6) is 0.583. The van der Waals surface area contributed by atoms with Gasteiger partial charge in [0.15, 0.2) is 0 Å². The lowest BCUT2D eigenvalue weighted by Crippen LogP contribution is -2.18. The van der Waals surface area contributed by atoms with E-state index >= 15 is 0 Å². The van der Waals surface area contributed by atoms with Crippen LogP contribution in [0.2, 0.25) is 0 Å². The molecule has 0 amide bonds. The Morgan fingerprint density at radius 1 is 1.19 bits per heavy atom. The lowest BCUT2D eigenvalue weighted by molar-refractivity contribution is -0.143. The molecule has 0 aromatic carbocycles. The summed E-state index contributed by atoms with van der Waals surface area (Å²) in [5.41, 5.74) is 0. The van der Waals surface area contributed by atoms with E-state index in [4.69, 9.17) is 4.74 Å².